The smallest absolute Gasteiger partial charge is 0.130 e. The highest BCUT2D eigenvalue weighted by molar-refractivity contribution is 7.72. The largest absolute Gasteiger partial charge is 0.496 e. The average molecular weight is 336 g/mol. The third kappa shape index (κ3) is 3.16. The van der Waals surface area contributed by atoms with E-state index in [-0.39, 0.29) is 0 Å². The number of methoxy groups -OCH3 is 2. The van der Waals surface area contributed by atoms with Crippen LogP contribution in [0.4, 0.5) is 0 Å². The molecule has 0 N–H and O–H groups in total. The molecular formula is C21H21O2P. The Bertz CT molecular complexity index is 793. The van der Waals surface area contributed by atoms with Crippen molar-refractivity contribution < 1.29 is 9.47 Å². The predicted molar refractivity (Wildman–Crippen MR) is 104 cm³/mol. The standard InChI is InChI=1S/C21H21O2P/c1-22-18-13-9-14-19(23-2)21(18)17-12-7-8-15-20(17)24(3)16-10-5-4-6-11-16/h4-15H,1-3H3/t24-/m0/s1. The van der Waals surface area contributed by atoms with Gasteiger partial charge >= 0.3 is 0 Å². The molecule has 0 aliphatic heterocycles. The van der Waals surface area contributed by atoms with E-state index in [1.165, 1.54) is 16.2 Å². The summed E-state index contributed by atoms with van der Waals surface area (Å²) in [6, 6.07) is 25.1. The van der Waals surface area contributed by atoms with Crippen LogP contribution in [-0.4, -0.2) is 20.9 Å². The molecule has 0 saturated carbocycles. The molecule has 0 aliphatic carbocycles. The second-order valence-corrected chi connectivity index (χ2v) is 7.57. The highest BCUT2D eigenvalue weighted by atomic mass is 31.1. The van der Waals surface area contributed by atoms with E-state index < -0.39 is 7.92 Å². The van der Waals surface area contributed by atoms with E-state index in [1.807, 2.05) is 18.2 Å². The van der Waals surface area contributed by atoms with Gasteiger partial charge in [0, 0.05) is 0 Å². The quantitative estimate of drug-likeness (QED) is 0.642. The Labute approximate surface area is 144 Å². The van der Waals surface area contributed by atoms with Crippen LogP contribution in [0, 0.1) is 0 Å². The molecule has 0 fully saturated rings. The van der Waals surface area contributed by atoms with E-state index >= 15 is 0 Å². The van der Waals surface area contributed by atoms with Gasteiger partial charge < -0.3 is 9.47 Å². The Morgan fingerprint density at radius 1 is 0.667 bits per heavy atom. The summed E-state index contributed by atoms with van der Waals surface area (Å²) >= 11 is 0. The molecule has 0 bridgehead atoms. The van der Waals surface area contributed by atoms with E-state index in [0.29, 0.717) is 0 Å². The molecule has 3 heteroatoms. The van der Waals surface area contributed by atoms with Crippen molar-refractivity contribution in [3.8, 4) is 22.6 Å². The zero-order chi connectivity index (χ0) is 16.9. The molecular weight excluding hydrogens is 315 g/mol. The number of hydrogen-bond acceptors (Lipinski definition) is 2. The van der Waals surface area contributed by atoms with Crippen LogP contribution in [0.25, 0.3) is 11.1 Å². The third-order valence-corrected chi connectivity index (χ3v) is 6.29. The molecule has 3 aromatic rings. The summed E-state index contributed by atoms with van der Waals surface area (Å²) in [6.07, 6.45) is 0. The van der Waals surface area contributed by atoms with Crippen LogP contribution < -0.4 is 20.1 Å². The summed E-state index contributed by atoms with van der Waals surface area (Å²) in [5, 5.41) is 2.68. The first-order chi connectivity index (χ1) is 11.8. The Morgan fingerprint density at radius 2 is 1.25 bits per heavy atom. The summed E-state index contributed by atoms with van der Waals surface area (Å²) in [6.45, 7) is 2.30. The van der Waals surface area contributed by atoms with Crippen LogP contribution in [0.15, 0.2) is 72.8 Å². The lowest BCUT2D eigenvalue weighted by Gasteiger charge is -2.20. The molecule has 0 amide bonds. The third-order valence-electron chi connectivity index (χ3n) is 4.11. The first-order valence-corrected chi connectivity index (χ1v) is 9.64. The highest BCUT2D eigenvalue weighted by Crippen LogP contribution is 2.41. The number of ether oxygens (including phenoxy) is 2. The molecule has 0 heterocycles. The minimum Gasteiger partial charge on any atom is -0.496 e. The van der Waals surface area contributed by atoms with E-state index in [1.54, 1.807) is 14.2 Å². The summed E-state index contributed by atoms with van der Waals surface area (Å²) in [7, 11) is 2.94. The van der Waals surface area contributed by atoms with Crippen LogP contribution in [0.5, 0.6) is 11.5 Å². The average Bonchev–Trinajstić information content (AvgIpc) is 2.67. The second-order valence-electron chi connectivity index (χ2n) is 5.45. The van der Waals surface area contributed by atoms with Crippen LogP contribution in [-0.2, 0) is 0 Å². The maximum atomic E-state index is 5.61. The Kier molecular flexibility index (Phi) is 5.17. The minimum atomic E-state index is -0.461. The van der Waals surface area contributed by atoms with E-state index in [4.69, 9.17) is 9.47 Å². The lowest BCUT2D eigenvalue weighted by Crippen LogP contribution is -2.13. The van der Waals surface area contributed by atoms with Gasteiger partial charge in [-0.05, 0) is 42.9 Å². The fraction of sp³-hybridized carbons (Fsp3) is 0.143. The van der Waals surface area contributed by atoms with Crippen molar-refractivity contribution in [1.82, 2.24) is 0 Å². The number of benzene rings is 3. The van der Waals surface area contributed by atoms with Gasteiger partial charge in [-0.3, -0.25) is 0 Å². The summed E-state index contributed by atoms with van der Waals surface area (Å²) < 4.78 is 11.2. The molecule has 1 atom stereocenters. The van der Waals surface area contributed by atoms with Gasteiger partial charge in [0.2, 0.25) is 0 Å². The Hall–Kier alpha value is -2.31. The van der Waals surface area contributed by atoms with Crippen LogP contribution in [0.1, 0.15) is 0 Å². The molecule has 122 valence electrons. The van der Waals surface area contributed by atoms with Crippen molar-refractivity contribution in [3.63, 3.8) is 0 Å². The lowest BCUT2D eigenvalue weighted by molar-refractivity contribution is 0.397. The maximum Gasteiger partial charge on any atom is 0.130 e. The minimum absolute atomic E-state index is 0.461. The topological polar surface area (TPSA) is 18.5 Å². The number of rotatable bonds is 5. The van der Waals surface area contributed by atoms with E-state index in [9.17, 15) is 0 Å². The van der Waals surface area contributed by atoms with Gasteiger partial charge in [0.1, 0.15) is 11.5 Å². The zero-order valence-electron chi connectivity index (χ0n) is 14.2. The second kappa shape index (κ2) is 7.51. The fourth-order valence-corrected chi connectivity index (χ4v) is 4.64. The molecule has 3 aromatic carbocycles. The first kappa shape index (κ1) is 16.5. The van der Waals surface area contributed by atoms with Gasteiger partial charge in [-0.15, -0.1) is 0 Å². The van der Waals surface area contributed by atoms with Crippen LogP contribution >= 0.6 is 7.92 Å². The Morgan fingerprint density at radius 3 is 1.88 bits per heavy atom. The van der Waals surface area contributed by atoms with Crippen molar-refractivity contribution in [2.75, 3.05) is 20.9 Å². The van der Waals surface area contributed by atoms with Crippen LogP contribution in [0.2, 0.25) is 0 Å². The van der Waals surface area contributed by atoms with Crippen molar-refractivity contribution in [3.05, 3.63) is 72.8 Å². The number of hydrogen-bond donors (Lipinski definition) is 0. The van der Waals surface area contributed by atoms with Gasteiger partial charge in [0.25, 0.3) is 0 Å². The maximum absolute atomic E-state index is 5.61. The summed E-state index contributed by atoms with van der Waals surface area (Å²) in [5.41, 5.74) is 2.19. The lowest BCUT2D eigenvalue weighted by atomic mass is 10.0. The van der Waals surface area contributed by atoms with Crippen LogP contribution in [0.3, 0.4) is 0 Å². The fourth-order valence-electron chi connectivity index (χ4n) is 2.88. The molecule has 24 heavy (non-hydrogen) atoms. The van der Waals surface area contributed by atoms with Gasteiger partial charge in [0.05, 0.1) is 19.8 Å². The van der Waals surface area contributed by atoms with Crippen molar-refractivity contribution in [1.29, 1.82) is 0 Å². The Balaban J connectivity index is 2.18. The van der Waals surface area contributed by atoms with Crippen molar-refractivity contribution in [2.45, 2.75) is 0 Å². The van der Waals surface area contributed by atoms with Gasteiger partial charge in [-0.2, -0.15) is 0 Å². The van der Waals surface area contributed by atoms with Gasteiger partial charge in [-0.25, -0.2) is 0 Å². The normalized spacial score (nSPS) is 11.8. The zero-order valence-corrected chi connectivity index (χ0v) is 15.1. The summed E-state index contributed by atoms with van der Waals surface area (Å²) in [5.74, 6) is 1.66. The van der Waals surface area contributed by atoms with E-state index in [0.717, 1.165) is 17.1 Å². The van der Waals surface area contributed by atoms with E-state index in [2.05, 4.69) is 61.3 Å². The molecule has 0 radical (unpaired) electrons. The van der Waals surface area contributed by atoms with Gasteiger partial charge in [0.15, 0.2) is 0 Å². The van der Waals surface area contributed by atoms with Crippen molar-refractivity contribution in [2.24, 2.45) is 0 Å². The van der Waals surface area contributed by atoms with Crippen molar-refractivity contribution >= 4 is 18.5 Å². The molecule has 3 rings (SSSR count). The molecule has 0 aromatic heterocycles. The predicted octanol–water partition coefficient (Wildman–Crippen LogP) is 4.43. The van der Waals surface area contributed by atoms with Gasteiger partial charge in [-0.1, -0.05) is 60.7 Å². The monoisotopic (exact) mass is 336 g/mol. The molecule has 0 spiro atoms. The highest BCUT2D eigenvalue weighted by Gasteiger charge is 2.19. The summed E-state index contributed by atoms with van der Waals surface area (Å²) in [4.78, 5) is 0. The molecule has 0 unspecified atom stereocenters. The molecule has 0 saturated heterocycles. The molecule has 2 nitrogen and oxygen atoms in total. The molecule has 0 aliphatic rings. The SMILES string of the molecule is COc1cccc(OC)c1-c1ccccc1[P@@](C)c1ccccc1. The first-order valence-electron chi connectivity index (χ1n) is 7.85.